The minimum Gasteiger partial charge on any atom is -0.381 e. The van der Waals surface area contributed by atoms with E-state index in [0.29, 0.717) is 32.4 Å². The highest BCUT2D eigenvalue weighted by molar-refractivity contribution is 5.83. The standard InChI is InChI=1S/C16H30N2O3/c17-13-16(7-11-20-12-8-16)15(19)18-9-4-10-21-14-5-2-1-3-6-14/h14H,1-13,17H2,(H,18,19). The van der Waals surface area contributed by atoms with Crippen molar-refractivity contribution in [1.29, 1.82) is 0 Å². The molecule has 2 aliphatic rings. The quantitative estimate of drug-likeness (QED) is 0.700. The van der Waals surface area contributed by atoms with Crippen molar-refractivity contribution in [1.82, 2.24) is 5.32 Å². The second kappa shape index (κ2) is 8.71. The zero-order valence-electron chi connectivity index (χ0n) is 13.1. The van der Waals surface area contributed by atoms with Gasteiger partial charge in [0.25, 0.3) is 0 Å². The summed E-state index contributed by atoms with van der Waals surface area (Å²) in [5, 5.41) is 3.03. The van der Waals surface area contributed by atoms with Gasteiger partial charge in [0.15, 0.2) is 0 Å². The number of rotatable bonds is 7. The second-order valence-corrected chi connectivity index (χ2v) is 6.34. The van der Waals surface area contributed by atoms with Crippen molar-refractivity contribution in [2.45, 2.75) is 57.5 Å². The number of hydrogen-bond donors (Lipinski definition) is 2. The summed E-state index contributed by atoms with van der Waals surface area (Å²) in [4.78, 5) is 12.3. The van der Waals surface area contributed by atoms with Crippen LogP contribution >= 0.6 is 0 Å². The minimum atomic E-state index is -0.414. The van der Waals surface area contributed by atoms with Crippen molar-refractivity contribution in [2.24, 2.45) is 11.1 Å². The molecule has 1 aliphatic carbocycles. The van der Waals surface area contributed by atoms with Crippen molar-refractivity contribution in [3.05, 3.63) is 0 Å². The van der Waals surface area contributed by atoms with Crippen LogP contribution in [0.3, 0.4) is 0 Å². The maximum atomic E-state index is 12.3. The molecule has 1 saturated heterocycles. The Bertz CT molecular complexity index is 311. The van der Waals surface area contributed by atoms with Gasteiger partial charge in [-0.3, -0.25) is 4.79 Å². The lowest BCUT2D eigenvalue weighted by Crippen LogP contribution is -2.49. The lowest BCUT2D eigenvalue weighted by molar-refractivity contribution is -0.135. The Hall–Kier alpha value is -0.650. The van der Waals surface area contributed by atoms with E-state index in [-0.39, 0.29) is 5.91 Å². The fourth-order valence-electron chi connectivity index (χ4n) is 3.23. The summed E-state index contributed by atoms with van der Waals surface area (Å²) in [5.74, 6) is 0.0889. The number of hydrogen-bond acceptors (Lipinski definition) is 4. The normalized spacial score (nSPS) is 22.9. The summed E-state index contributed by atoms with van der Waals surface area (Å²) in [6.45, 7) is 3.09. The van der Waals surface area contributed by atoms with Gasteiger partial charge in [0, 0.05) is 32.9 Å². The fourth-order valence-corrected chi connectivity index (χ4v) is 3.23. The van der Waals surface area contributed by atoms with Gasteiger partial charge in [0.2, 0.25) is 5.91 Å². The van der Waals surface area contributed by atoms with Crippen LogP contribution in [0.15, 0.2) is 0 Å². The van der Waals surface area contributed by atoms with Gasteiger partial charge in [-0.1, -0.05) is 19.3 Å². The Morgan fingerprint density at radius 1 is 1.24 bits per heavy atom. The number of carbonyl (C=O) groups excluding carboxylic acids is 1. The predicted molar refractivity (Wildman–Crippen MR) is 82.0 cm³/mol. The van der Waals surface area contributed by atoms with Crippen LogP contribution in [0.25, 0.3) is 0 Å². The van der Waals surface area contributed by atoms with Crippen LogP contribution in [0.4, 0.5) is 0 Å². The van der Waals surface area contributed by atoms with E-state index in [1.54, 1.807) is 0 Å². The van der Waals surface area contributed by atoms with Crippen LogP contribution in [-0.2, 0) is 14.3 Å². The van der Waals surface area contributed by atoms with Gasteiger partial charge in [-0.25, -0.2) is 0 Å². The third-order valence-corrected chi connectivity index (χ3v) is 4.83. The van der Waals surface area contributed by atoms with Crippen LogP contribution in [0, 0.1) is 5.41 Å². The predicted octanol–water partition coefficient (Wildman–Crippen LogP) is 1.60. The molecule has 0 aromatic carbocycles. The molecule has 1 aliphatic heterocycles. The Balaban J connectivity index is 1.59. The first-order valence-corrected chi connectivity index (χ1v) is 8.44. The van der Waals surface area contributed by atoms with E-state index in [0.717, 1.165) is 25.9 Å². The van der Waals surface area contributed by atoms with Crippen LogP contribution in [0.2, 0.25) is 0 Å². The van der Waals surface area contributed by atoms with Gasteiger partial charge in [0.1, 0.15) is 0 Å². The van der Waals surface area contributed by atoms with Gasteiger partial charge in [-0.15, -0.1) is 0 Å². The smallest absolute Gasteiger partial charge is 0.227 e. The third kappa shape index (κ3) is 4.94. The molecule has 21 heavy (non-hydrogen) atoms. The SMILES string of the molecule is NCC1(C(=O)NCCCOC2CCCCC2)CCOCC1. The monoisotopic (exact) mass is 298 g/mol. The van der Waals surface area contributed by atoms with Crippen molar-refractivity contribution in [2.75, 3.05) is 32.9 Å². The molecule has 122 valence electrons. The first-order valence-electron chi connectivity index (χ1n) is 8.44. The molecule has 2 fully saturated rings. The number of nitrogens with two attached hydrogens (primary N) is 1. The molecule has 2 rings (SSSR count). The molecule has 5 nitrogen and oxygen atoms in total. The summed E-state index contributed by atoms with van der Waals surface area (Å²) in [5.41, 5.74) is 5.41. The molecular formula is C16H30N2O3. The molecule has 0 atom stereocenters. The molecule has 3 N–H and O–H groups in total. The van der Waals surface area contributed by atoms with Crippen molar-refractivity contribution in [3.63, 3.8) is 0 Å². The molecule has 1 heterocycles. The molecule has 0 radical (unpaired) electrons. The summed E-state index contributed by atoms with van der Waals surface area (Å²) in [7, 11) is 0. The van der Waals surface area contributed by atoms with Crippen molar-refractivity contribution >= 4 is 5.91 Å². The van der Waals surface area contributed by atoms with Gasteiger partial charge in [-0.05, 0) is 32.1 Å². The Morgan fingerprint density at radius 2 is 1.95 bits per heavy atom. The first kappa shape index (κ1) is 16.7. The Morgan fingerprint density at radius 3 is 2.62 bits per heavy atom. The molecular weight excluding hydrogens is 268 g/mol. The molecule has 0 aromatic heterocycles. The highest BCUT2D eigenvalue weighted by Crippen LogP contribution is 2.29. The topological polar surface area (TPSA) is 73.6 Å². The number of carbonyl (C=O) groups is 1. The van der Waals surface area contributed by atoms with Gasteiger partial charge in [0.05, 0.1) is 11.5 Å². The summed E-state index contributed by atoms with van der Waals surface area (Å²) < 4.78 is 11.2. The van der Waals surface area contributed by atoms with E-state index < -0.39 is 5.41 Å². The van der Waals surface area contributed by atoms with E-state index in [1.807, 2.05) is 0 Å². The van der Waals surface area contributed by atoms with E-state index >= 15 is 0 Å². The van der Waals surface area contributed by atoms with E-state index in [1.165, 1.54) is 32.1 Å². The molecule has 5 heteroatoms. The van der Waals surface area contributed by atoms with Crippen LogP contribution < -0.4 is 11.1 Å². The van der Waals surface area contributed by atoms with Gasteiger partial charge in [-0.2, -0.15) is 0 Å². The summed E-state index contributed by atoms with van der Waals surface area (Å²) in [6, 6.07) is 0. The van der Waals surface area contributed by atoms with E-state index in [2.05, 4.69) is 5.32 Å². The molecule has 0 unspecified atom stereocenters. The largest absolute Gasteiger partial charge is 0.381 e. The molecule has 1 amide bonds. The van der Waals surface area contributed by atoms with Gasteiger partial charge < -0.3 is 20.5 Å². The molecule has 1 saturated carbocycles. The Labute approximate surface area is 127 Å². The minimum absolute atomic E-state index is 0.0889. The molecule has 0 spiro atoms. The molecule has 0 bridgehead atoms. The van der Waals surface area contributed by atoms with Crippen molar-refractivity contribution in [3.8, 4) is 0 Å². The zero-order chi connectivity index (χ0) is 15.0. The maximum absolute atomic E-state index is 12.3. The Kier molecular flexibility index (Phi) is 6.93. The maximum Gasteiger partial charge on any atom is 0.227 e. The summed E-state index contributed by atoms with van der Waals surface area (Å²) >= 11 is 0. The highest BCUT2D eigenvalue weighted by atomic mass is 16.5. The lowest BCUT2D eigenvalue weighted by atomic mass is 9.79. The summed E-state index contributed by atoms with van der Waals surface area (Å²) in [6.07, 6.45) is 9.11. The number of amides is 1. The zero-order valence-corrected chi connectivity index (χ0v) is 13.1. The highest BCUT2D eigenvalue weighted by Gasteiger charge is 2.38. The van der Waals surface area contributed by atoms with Crippen molar-refractivity contribution < 1.29 is 14.3 Å². The van der Waals surface area contributed by atoms with Crippen LogP contribution in [0.1, 0.15) is 51.4 Å². The number of ether oxygens (including phenoxy) is 2. The van der Waals surface area contributed by atoms with E-state index in [9.17, 15) is 4.79 Å². The number of nitrogens with one attached hydrogen (secondary N) is 1. The lowest BCUT2D eigenvalue weighted by Gasteiger charge is -2.34. The van der Waals surface area contributed by atoms with Crippen LogP contribution in [-0.4, -0.2) is 44.9 Å². The average molecular weight is 298 g/mol. The molecule has 0 aromatic rings. The van der Waals surface area contributed by atoms with Crippen LogP contribution in [0.5, 0.6) is 0 Å². The average Bonchev–Trinajstić information content (AvgIpc) is 2.56. The first-order chi connectivity index (χ1) is 10.3. The second-order valence-electron chi connectivity index (χ2n) is 6.34. The third-order valence-electron chi connectivity index (χ3n) is 4.83. The van der Waals surface area contributed by atoms with E-state index in [4.69, 9.17) is 15.2 Å². The fraction of sp³-hybridized carbons (Fsp3) is 0.938. The van der Waals surface area contributed by atoms with Gasteiger partial charge >= 0.3 is 0 Å².